The van der Waals surface area contributed by atoms with E-state index in [1.807, 2.05) is 30.3 Å². The van der Waals surface area contributed by atoms with Crippen LogP contribution in [0.3, 0.4) is 0 Å². The number of Topliss-reactive ketones (excluding diaryl/α,β-unsaturated/α-hetero) is 1. The molecule has 4 rings (SSSR count). The maximum atomic E-state index is 13.2. The molecule has 0 atom stereocenters. The molecule has 2 aromatic carbocycles. The van der Waals surface area contributed by atoms with Crippen molar-refractivity contribution >= 4 is 21.2 Å². The van der Waals surface area contributed by atoms with Crippen LogP contribution in [0.2, 0.25) is 0 Å². The first kappa shape index (κ1) is 16.9. The first-order chi connectivity index (χ1) is 12.6. The van der Waals surface area contributed by atoms with Crippen molar-refractivity contribution in [3.05, 3.63) is 82.3 Å². The van der Waals surface area contributed by atoms with E-state index in [1.165, 1.54) is 0 Å². The van der Waals surface area contributed by atoms with E-state index in [2.05, 4.69) is 0 Å². The van der Waals surface area contributed by atoms with Gasteiger partial charge in [0.1, 0.15) is 0 Å². The van der Waals surface area contributed by atoms with Crippen LogP contribution in [0.25, 0.3) is 5.57 Å². The molecule has 0 unspecified atom stereocenters. The van der Waals surface area contributed by atoms with Crippen LogP contribution in [0.5, 0.6) is 0 Å². The normalized spacial score (nSPS) is 18.1. The number of carbonyl (C=O) groups excluding carboxylic acids is 1. The van der Waals surface area contributed by atoms with E-state index >= 15 is 0 Å². The molecule has 0 saturated carbocycles. The van der Waals surface area contributed by atoms with Crippen molar-refractivity contribution in [1.29, 1.82) is 0 Å². The Balaban J connectivity index is 1.92. The number of hydrogen-bond acceptors (Lipinski definition) is 4. The van der Waals surface area contributed by atoms with Crippen molar-refractivity contribution in [2.75, 3.05) is 13.2 Å². The van der Waals surface area contributed by atoms with E-state index in [1.54, 1.807) is 30.3 Å². The van der Waals surface area contributed by atoms with Gasteiger partial charge in [-0.1, -0.05) is 48.5 Å². The van der Waals surface area contributed by atoms with Gasteiger partial charge in [0.15, 0.2) is 5.78 Å². The van der Waals surface area contributed by atoms with Crippen LogP contribution in [0.4, 0.5) is 0 Å². The minimum atomic E-state index is -3.66. The molecule has 5 heteroatoms. The van der Waals surface area contributed by atoms with Crippen LogP contribution in [-0.2, 0) is 19.4 Å². The van der Waals surface area contributed by atoms with Gasteiger partial charge in [-0.15, -0.1) is 0 Å². The lowest BCUT2D eigenvalue weighted by atomic mass is 10.0. The van der Waals surface area contributed by atoms with Gasteiger partial charge in [0.05, 0.1) is 23.0 Å². The summed E-state index contributed by atoms with van der Waals surface area (Å²) >= 11 is 0. The number of allylic oxidation sites excluding steroid dienone is 1. The van der Waals surface area contributed by atoms with E-state index in [0.717, 1.165) is 5.56 Å². The third kappa shape index (κ3) is 2.83. The van der Waals surface area contributed by atoms with Crippen molar-refractivity contribution < 1.29 is 17.9 Å². The summed E-state index contributed by atoms with van der Waals surface area (Å²) in [5.41, 5.74) is 2.73. The fraction of sp³-hybridized carbons (Fsp3) is 0.190. The molecule has 0 aromatic heterocycles. The second kappa shape index (κ2) is 6.67. The topological polar surface area (TPSA) is 60.4 Å². The molecule has 26 heavy (non-hydrogen) atoms. The molecule has 2 aromatic rings. The number of ketones is 1. The van der Waals surface area contributed by atoms with E-state index < -0.39 is 9.84 Å². The van der Waals surface area contributed by atoms with E-state index in [9.17, 15) is 13.2 Å². The molecule has 2 aliphatic rings. The maximum Gasteiger partial charge on any atom is 0.203 e. The Morgan fingerprint density at radius 1 is 0.846 bits per heavy atom. The molecule has 0 bridgehead atoms. The Morgan fingerprint density at radius 2 is 1.50 bits per heavy atom. The number of hydrogen-bond donors (Lipinski definition) is 0. The number of ether oxygens (including phenoxy) is 1. The standard InChI is InChI=1S/C21H18O4S/c22-19-13-17-18(21(19)15-7-3-1-4-8-15)14-25-12-11-20(17)26(23,24)16-9-5-2-6-10-16/h1-10H,11-14H2. The zero-order chi connectivity index (χ0) is 18.1. The van der Waals surface area contributed by atoms with Gasteiger partial charge < -0.3 is 4.74 Å². The zero-order valence-electron chi connectivity index (χ0n) is 14.1. The van der Waals surface area contributed by atoms with Crippen molar-refractivity contribution in [2.45, 2.75) is 17.7 Å². The number of rotatable bonds is 3. The lowest BCUT2D eigenvalue weighted by molar-refractivity contribution is -0.112. The summed E-state index contributed by atoms with van der Waals surface area (Å²) in [4.78, 5) is 13.3. The number of carbonyl (C=O) groups is 1. The quantitative estimate of drug-likeness (QED) is 0.833. The highest BCUT2D eigenvalue weighted by molar-refractivity contribution is 7.95. The van der Waals surface area contributed by atoms with Crippen LogP contribution in [0.1, 0.15) is 18.4 Å². The molecule has 0 radical (unpaired) electrons. The van der Waals surface area contributed by atoms with Crippen LogP contribution in [0, 0.1) is 0 Å². The third-order valence-corrected chi connectivity index (χ3v) is 6.77. The number of sulfone groups is 1. The Kier molecular flexibility index (Phi) is 4.34. The summed E-state index contributed by atoms with van der Waals surface area (Å²) in [6.07, 6.45) is 0.399. The number of benzene rings is 2. The highest BCUT2D eigenvalue weighted by atomic mass is 32.2. The largest absolute Gasteiger partial charge is 0.376 e. The second-order valence-electron chi connectivity index (χ2n) is 6.34. The first-order valence-corrected chi connectivity index (χ1v) is 9.99. The van der Waals surface area contributed by atoms with Gasteiger partial charge in [-0.2, -0.15) is 0 Å². The third-order valence-electron chi connectivity index (χ3n) is 4.78. The fourth-order valence-electron chi connectivity index (χ4n) is 3.57. The van der Waals surface area contributed by atoms with Crippen LogP contribution >= 0.6 is 0 Å². The molecular weight excluding hydrogens is 348 g/mol. The van der Waals surface area contributed by atoms with E-state index in [0.29, 0.717) is 28.2 Å². The highest BCUT2D eigenvalue weighted by Gasteiger charge is 2.36. The smallest absolute Gasteiger partial charge is 0.203 e. The molecule has 1 heterocycles. The Labute approximate surface area is 152 Å². The molecular formula is C21H18O4S. The van der Waals surface area contributed by atoms with Crippen LogP contribution in [-0.4, -0.2) is 27.4 Å². The van der Waals surface area contributed by atoms with Gasteiger partial charge >= 0.3 is 0 Å². The Morgan fingerprint density at radius 3 is 2.19 bits per heavy atom. The molecule has 0 N–H and O–H groups in total. The maximum absolute atomic E-state index is 13.2. The molecule has 0 amide bonds. The predicted octanol–water partition coefficient (Wildman–Crippen LogP) is 3.56. The predicted molar refractivity (Wildman–Crippen MR) is 99.1 cm³/mol. The lowest BCUT2D eigenvalue weighted by Crippen LogP contribution is -2.09. The summed E-state index contributed by atoms with van der Waals surface area (Å²) < 4.78 is 32.0. The van der Waals surface area contributed by atoms with E-state index in [4.69, 9.17) is 4.74 Å². The van der Waals surface area contributed by atoms with Crippen molar-refractivity contribution in [2.24, 2.45) is 0 Å². The summed E-state index contributed by atoms with van der Waals surface area (Å²) in [6, 6.07) is 17.8. The van der Waals surface area contributed by atoms with Crippen molar-refractivity contribution in [3.63, 3.8) is 0 Å². The number of fused-ring (bicyclic) bond motifs is 1. The fourth-order valence-corrected chi connectivity index (χ4v) is 5.24. The van der Waals surface area contributed by atoms with Gasteiger partial charge in [0, 0.05) is 18.4 Å². The van der Waals surface area contributed by atoms with Gasteiger partial charge in [0.2, 0.25) is 9.84 Å². The average molecular weight is 366 g/mol. The van der Waals surface area contributed by atoms with Crippen molar-refractivity contribution in [1.82, 2.24) is 0 Å². The first-order valence-electron chi connectivity index (χ1n) is 8.51. The van der Waals surface area contributed by atoms with Crippen LogP contribution < -0.4 is 0 Å². The summed E-state index contributed by atoms with van der Waals surface area (Å²) in [5.74, 6) is -0.0486. The molecule has 4 nitrogen and oxygen atoms in total. The minimum Gasteiger partial charge on any atom is -0.376 e. The summed E-state index contributed by atoms with van der Waals surface area (Å²) in [6.45, 7) is 0.587. The Bertz CT molecular complexity index is 1020. The lowest BCUT2D eigenvalue weighted by Gasteiger charge is -2.11. The molecule has 1 aliphatic heterocycles. The summed E-state index contributed by atoms with van der Waals surface area (Å²) in [5, 5.41) is 0. The highest BCUT2D eigenvalue weighted by Crippen LogP contribution is 2.41. The average Bonchev–Trinajstić information content (AvgIpc) is 2.84. The van der Waals surface area contributed by atoms with Crippen molar-refractivity contribution in [3.8, 4) is 0 Å². The Hall–Kier alpha value is -2.50. The molecule has 0 spiro atoms. The molecule has 0 fully saturated rings. The SMILES string of the molecule is O=C1CC2=C(S(=O)(=O)c3ccccc3)CCOCC2=C1c1ccccc1. The van der Waals surface area contributed by atoms with Gasteiger partial charge in [-0.25, -0.2) is 8.42 Å². The molecule has 132 valence electrons. The van der Waals surface area contributed by atoms with Gasteiger partial charge in [-0.3, -0.25) is 4.79 Å². The summed E-state index contributed by atoms with van der Waals surface area (Å²) in [7, 11) is -3.66. The van der Waals surface area contributed by atoms with Gasteiger partial charge in [0.25, 0.3) is 0 Å². The molecule has 0 saturated heterocycles. The van der Waals surface area contributed by atoms with E-state index in [-0.39, 0.29) is 30.1 Å². The monoisotopic (exact) mass is 366 g/mol. The van der Waals surface area contributed by atoms with Crippen LogP contribution in [0.15, 0.2) is 81.6 Å². The molecule has 1 aliphatic carbocycles. The zero-order valence-corrected chi connectivity index (χ0v) is 15.0. The van der Waals surface area contributed by atoms with Gasteiger partial charge in [-0.05, 0) is 28.8 Å². The second-order valence-corrected chi connectivity index (χ2v) is 8.31. The minimum absolute atomic E-state index is 0.0486.